The van der Waals surface area contributed by atoms with E-state index in [9.17, 15) is 0 Å². The third-order valence-corrected chi connectivity index (χ3v) is 2.30. The van der Waals surface area contributed by atoms with Crippen LogP contribution in [0.3, 0.4) is 0 Å². The Bertz CT molecular complexity index is 301. The first-order chi connectivity index (χ1) is 7.26. The molecule has 0 saturated carbocycles. The third kappa shape index (κ3) is 4.15. The van der Waals surface area contributed by atoms with Crippen LogP contribution in [0.15, 0.2) is 29.4 Å². The van der Waals surface area contributed by atoms with E-state index in [1.54, 1.807) is 0 Å². The lowest BCUT2D eigenvalue weighted by atomic mass is 10.1. The highest BCUT2D eigenvalue weighted by atomic mass is 15.4. The van der Waals surface area contributed by atoms with Crippen molar-refractivity contribution in [1.82, 2.24) is 5.01 Å². The molecule has 2 heteroatoms. The van der Waals surface area contributed by atoms with Gasteiger partial charge in [0.05, 0.1) is 6.54 Å². The van der Waals surface area contributed by atoms with E-state index in [0.717, 1.165) is 19.4 Å². The Labute approximate surface area is 92.6 Å². The number of benzene rings is 1. The number of nitrogens with zero attached hydrogens (tertiary/aromatic N) is 2. The molecular weight excluding hydrogens is 184 g/mol. The summed E-state index contributed by atoms with van der Waals surface area (Å²) in [4.78, 5) is 0. The van der Waals surface area contributed by atoms with Gasteiger partial charge in [0.25, 0.3) is 0 Å². The predicted octanol–water partition coefficient (Wildman–Crippen LogP) is 3.08. The van der Waals surface area contributed by atoms with E-state index >= 15 is 0 Å². The van der Waals surface area contributed by atoms with Gasteiger partial charge in [-0.1, -0.05) is 38.1 Å². The summed E-state index contributed by atoms with van der Waals surface area (Å²) in [5, 5.41) is 6.25. The monoisotopic (exact) mass is 204 g/mol. The molecule has 1 rings (SSSR count). The van der Waals surface area contributed by atoms with Gasteiger partial charge in [0, 0.05) is 13.3 Å². The van der Waals surface area contributed by atoms with E-state index in [4.69, 9.17) is 0 Å². The van der Waals surface area contributed by atoms with E-state index in [0.29, 0.717) is 0 Å². The van der Waals surface area contributed by atoms with Crippen LogP contribution < -0.4 is 0 Å². The van der Waals surface area contributed by atoms with Crippen LogP contribution in [0.1, 0.15) is 31.4 Å². The Morgan fingerprint density at radius 2 is 1.73 bits per heavy atom. The van der Waals surface area contributed by atoms with Gasteiger partial charge in [-0.25, -0.2) is 0 Å². The third-order valence-electron chi connectivity index (χ3n) is 2.30. The molecule has 0 fully saturated rings. The highest BCUT2D eigenvalue weighted by Crippen LogP contribution is 2.07. The lowest BCUT2D eigenvalue weighted by Gasteiger charge is -2.12. The molecule has 2 nitrogen and oxygen atoms in total. The van der Waals surface area contributed by atoms with Crippen LogP contribution >= 0.6 is 0 Å². The first kappa shape index (κ1) is 11.8. The van der Waals surface area contributed by atoms with Crippen LogP contribution in [0.5, 0.6) is 0 Å². The topological polar surface area (TPSA) is 15.6 Å². The number of aryl methyl sites for hydroxylation is 1. The van der Waals surface area contributed by atoms with Crippen LogP contribution in [0.2, 0.25) is 0 Å². The van der Waals surface area contributed by atoms with Crippen molar-refractivity contribution in [1.29, 1.82) is 0 Å². The van der Waals surface area contributed by atoms with Gasteiger partial charge >= 0.3 is 0 Å². The highest BCUT2D eigenvalue weighted by molar-refractivity contribution is 5.56. The molecule has 0 aromatic heterocycles. The molecule has 1 aromatic carbocycles. The number of hydrogen-bond acceptors (Lipinski definition) is 2. The maximum absolute atomic E-state index is 4.29. The van der Waals surface area contributed by atoms with Gasteiger partial charge in [-0.3, -0.25) is 5.01 Å². The van der Waals surface area contributed by atoms with Crippen molar-refractivity contribution in [3.05, 3.63) is 35.4 Å². The van der Waals surface area contributed by atoms with Crippen LogP contribution in [0, 0.1) is 0 Å². The molecule has 0 heterocycles. The second-order valence-electron chi connectivity index (χ2n) is 3.69. The Kier molecular flexibility index (Phi) is 4.88. The van der Waals surface area contributed by atoms with Crippen LogP contribution in [0.25, 0.3) is 0 Å². The molecule has 1 aromatic rings. The van der Waals surface area contributed by atoms with Gasteiger partial charge in [0.2, 0.25) is 0 Å². The van der Waals surface area contributed by atoms with E-state index in [1.165, 1.54) is 11.1 Å². The molecule has 82 valence electrons. The maximum atomic E-state index is 4.29. The van der Waals surface area contributed by atoms with Gasteiger partial charge in [-0.15, -0.1) is 0 Å². The zero-order valence-corrected chi connectivity index (χ0v) is 9.90. The average Bonchev–Trinajstić information content (AvgIpc) is 2.27. The number of hydrogen-bond donors (Lipinski definition) is 0. The summed E-state index contributed by atoms with van der Waals surface area (Å²) in [6.45, 7) is 5.14. The molecule has 0 atom stereocenters. The predicted molar refractivity (Wildman–Crippen MR) is 66.1 cm³/mol. The van der Waals surface area contributed by atoms with Gasteiger partial charge in [0.1, 0.15) is 0 Å². The minimum Gasteiger partial charge on any atom is -0.296 e. The quantitative estimate of drug-likeness (QED) is 0.531. The summed E-state index contributed by atoms with van der Waals surface area (Å²) < 4.78 is 0. The van der Waals surface area contributed by atoms with Crippen molar-refractivity contribution in [2.75, 3.05) is 7.05 Å². The standard InChI is InChI=1S/C13H20N2/c1-4-10-14-15(3)11-13-8-6-12(5-2)7-9-13/h6-10H,4-5,11H2,1-3H3/b14-10-. The van der Waals surface area contributed by atoms with Crippen molar-refractivity contribution in [2.45, 2.75) is 33.2 Å². The van der Waals surface area contributed by atoms with Crippen molar-refractivity contribution >= 4 is 6.21 Å². The van der Waals surface area contributed by atoms with Crippen LogP contribution in [-0.2, 0) is 13.0 Å². The summed E-state index contributed by atoms with van der Waals surface area (Å²) in [6.07, 6.45) is 4.02. The second kappa shape index (κ2) is 6.23. The molecule has 0 spiro atoms. The summed E-state index contributed by atoms with van der Waals surface area (Å²) in [5.41, 5.74) is 2.70. The van der Waals surface area contributed by atoms with E-state index in [-0.39, 0.29) is 0 Å². The summed E-state index contributed by atoms with van der Waals surface area (Å²) in [7, 11) is 2.00. The fourth-order valence-corrected chi connectivity index (χ4v) is 1.41. The number of rotatable bonds is 5. The number of hydrazone groups is 1. The van der Waals surface area contributed by atoms with Gasteiger partial charge < -0.3 is 0 Å². The molecule has 0 unspecified atom stereocenters. The van der Waals surface area contributed by atoms with Gasteiger partial charge in [0.15, 0.2) is 0 Å². The van der Waals surface area contributed by atoms with Crippen molar-refractivity contribution in [3.8, 4) is 0 Å². The minimum absolute atomic E-state index is 0.875. The zero-order valence-electron chi connectivity index (χ0n) is 9.90. The SMILES string of the molecule is CC/C=N\N(C)Cc1ccc(CC)cc1. The fraction of sp³-hybridized carbons (Fsp3) is 0.462. The minimum atomic E-state index is 0.875. The molecule has 0 aliphatic heterocycles. The molecule has 0 amide bonds. The molecule has 15 heavy (non-hydrogen) atoms. The molecule has 0 aliphatic carbocycles. The Hall–Kier alpha value is -1.31. The molecule has 0 radical (unpaired) electrons. The van der Waals surface area contributed by atoms with E-state index in [1.807, 2.05) is 18.3 Å². The summed E-state index contributed by atoms with van der Waals surface area (Å²) in [6, 6.07) is 8.73. The highest BCUT2D eigenvalue weighted by Gasteiger charge is 1.96. The van der Waals surface area contributed by atoms with Gasteiger partial charge in [-0.2, -0.15) is 5.10 Å². The van der Waals surface area contributed by atoms with Gasteiger partial charge in [-0.05, 0) is 24.0 Å². The van der Waals surface area contributed by atoms with E-state index < -0.39 is 0 Å². The lowest BCUT2D eigenvalue weighted by Crippen LogP contribution is -2.10. The first-order valence-electron chi connectivity index (χ1n) is 5.57. The summed E-state index contributed by atoms with van der Waals surface area (Å²) >= 11 is 0. The molecular formula is C13H20N2. The molecule has 0 saturated heterocycles. The Morgan fingerprint density at radius 1 is 1.13 bits per heavy atom. The average molecular weight is 204 g/mol. The second-order valence-corrected chi connectivity index (χ2v) is 3.69. The van der Waals surface area contributed by atoms with Crippen molar-refractivity contribution in [3.63, 3.8) is 0 Å². The normalized spacial score (nSPS) is 10.9. The Morgan fingerprint density at radius 3 is 2.27 bits per heavy atom. The largest absolute Gasteiger partial charge is 0.296 e. The van der Waals surface area contributed by atoms with Crippen molar-refractivity contribution in [2.24, 2.45) is 5.10 Å². The van der Waals surface area contributed by atoms with Crippen molar-refractivity contribution < 1.29 is 0 Å². The molecule has 0 aliphatic rings. The zero-order chi connectivity index (χ0) is 11.1. The van der Waals surface area contributed by atoms with Crippen LogP contribution in [0.4, 0.5) is 0 Å². The lowest BCUT2D eigenvalue weighted by molar-refractivity contribution is 0.348. The summed E-state index contributed by atoms with van der Waals surface area (Å²) in [5.74, 6) is 0. The first-order valence-corrected chi connectivity index (χ1v) is 5.57. The van der Waals surface area contributed by atoms with Crippen LogP contribution in [-0.4, -0.2) is 18.3 Å². The molecule has 0 bridgehead atoms. The fourth-order valence-electron chi connectivity index (χ4n) is 1.41. The smallest absolute Gasteiger partial charge is 0.0607 e. The molecule has 0 N–H and O–H groups in total. The maximum Gasteiger partial charge on any atom is 0.0607 e. The van der Waals surface area contributed by atoms with E-state index in [2.05, 4.69) is 43.2 Å². The Balaban J connectivity index is 2.53.